The number of ketones is 1. The summed E-state index contributed by atoms with van der Waals surface area (Å²) in [6, 6.07) is 8.15. The summed E-state index contributed by atoms with van der Waals surface area (Å²) in [5, 5.41) is 0.794. The molecule has 0 unspecified atom stereocenters. The van der Waals surface area contributed by atoms with Gasteiger partial charge in [0.2, 0.25) is 0 Å². The van der Waals surface area contributed by atoms with Crippen LogP contribution in [0.1, 0.15) is 28.0 Å². The summed E-state index contributed by atoms with van der Waals surface area (Å²) < 4.78 is 1.57. The third kappa shape index (κ3) is 2.76. The Morgan fingerprint density at radius 3 is 2.71 bits per heavy atom. The normalized spacial score (nSPS) is 13.2. The van der Waals surface area contributed by atoms with E-state index in [0.29, 0.717) is 15.6 Å². The monoisotopic (exact) mass is 321 g/mol. The van der Waals surface area contributed by atoms with Crippen LogP contribution in [0.15, 0.2) is 35.1 Å². The Hall–Kier alpha value is -1.58. The van der Waals surface area contributed by atoms with Crippen LogP contribution in [0.5, 0.6) is 0 Å². The van der Waals surface area contributed by atoms with Crippen LogP contribution in [0.3, 0.4) is 0 Å². The van der Waals surface area contributed by atoms with Crippen molar-refractivity contribution in [3.63, 3.8) is 0 Å². The van der Waals surface area contributed by atoms with Crippen LogP contribution >= 0.6 is 23.2 Å². The first-order chi connectivity index (χ1) is 10.1. The molecule has 21 heavy (non-hydrogen) atoms. The lowest BCUT2D eigenvalue weighted by atomic mass is 10.1. The Labute approximate surface area is 132 Å². The van der Waals surface area contributed by atoms with Crippen LogP contribution in [-0.4, -0.2) is 10.4 Å². The first-order valence-corrected chi connectivity index (χ1v) is 7.51. The van der Waals surface area contributed by atoms with E-state index in [-0.39, 0.29) is 17.9 Å². The van der Waals surface area contributed by atoms with Crippen molar-refractivity contribution in [2.24, 2.45) is 0 Å². The van der Waals surface area contributed by atoms with Gasteiger partial charge >= 0.3 is 0 Å². The first-order valence-electron chi connectivity index (χ1n) is 6.76. The molecule has 0 fully saturated rings. The summed E-state index contributed by atoms with van der Waals surface area (Å²) in [6.07, 6.45) is 2.83. The Morgan fingerprint density at radius 2 is 1.95 bits per heavy atom. The Kier molecular flexibility index (Phi) is 3.87. The van der Waals surface area contributed by atoms with E-state index in [2.05, 4.69) is 0 Å². The lowest BCUT2D eigenvalue weighted by molar-refractivity contribution is 0.0970. The van der Waals surface area contributed by atoms with E-state index in [1.807, 2.05) is 6.07 Å². The molecule has 0 N–H and O–H groups in total. The molecule has 0 bridgehead atoms. The Morgan fingerprint density at radius 1 is 1.14 bits per heavy atom. The van der Waals surface area contributed by atoms with Crippen molar-refractivity contribution < 1.29 is 4.79 Å². The standard InChI is InChI=1S/C16H13Cl2NO2/c17-11-5-6-12(13(18)8-11)15(20)9-19-14-3-1-2-10(14)4-7-16(19)21/h4-8H,1-3,9H2. The van der Waals surface area contributed by atoms with E-state index < -0.39 is 0 Å². The molecule has 1 aliphatic carbocycles. The number of aryl methyl sites for hydroxylation is 1. The van der Waals surface area contributed by atoms with Crippen molar-refractivity contribution >= 4 is 29.0 Å². The molecule has 108 valence electrons. The summed E-state index contributed by atoms with van der Waals surface area (Å²) in [4.78, 5) is 24.5. The van der Waals surface area contributed by atoms with Crippen molar-refractivity contribution in [3.8, 4) is 0 Å². The molecule has 1 heterocycles. The predicted octanol–water partition coefficient (Wildman–Crippen LogP) is 3.53. The van der Waals surface area contributed by atoms with Gasteiger partial charge in [0.25, 0.3) is 5.56 Å². The van der Waals surface area contributed by atoms with Crippen molar-refractivity contribution in [2.45, 2.75) is 25.8 Å². The zero-order valence-corrected chi connectivity index (χ0v) is 12.7. The van der Waals surface area contributed by atoms with E-state index in [1.54, 1.807) is 16.7 Å². The second kappa shape index (κ2) is 5.66. The van der Waals surface area contributed by atoms with Crippen LogP contribution in [0.2, 0.25) is 10.0 Å². The molecule has 0 saturated carbocycles. The number of hydrogen-bond acceptors (Lipinski definition) is 2. The molecule has 3 rings (SSSR count). The van der Waals surface area contributed by atoms with Gasteiger partial charge in [-0.15, -0.1) is 0 Å². The smallest absolute Gasteiger partial charge is 0.251 e. The number of pyridine rings is 1. The highest BCUT2D eigenvalue weighted by Gasteiger charge is 2.19. The number of hydrogen-bond donors (Lipinski definition) is 0. The van der Waals surface area contributed by atoms with Gasteiger partial charge in [-0.3, -0.25) is 9.59 Å². The van der Waals surface area contributed by atoms with Gasteiger partial charge in [0.15, 0.2) is 5.78 Å². The van der Waals surface area contributed by atoms with Crippen LogP contribution < -0.4 is 5.56 Å². The molecule has 0 atom stereocenters. The maximum absolute atomic E-state index is 12.4. The fraction of sp³-hybridized carbons (Fsp3) is 0.250. The van der Waals surface area contributed by atoms with Crippen LogP contribution in [0, 0.1) is 0 Å². The van der Waals surface area contributed by atoms with Gasteiger partial charge in [0.05, 0.1) is 11.6 Å². The summed E-state index contributed by atoms with van der Waals surface area (Å²) in [5.41, 5.74) is 2.38. The summed E-state index contributed by atoms with van der Waals surface area (Å²) in [5.74, 6) is -0.181. The van der Waals surface area contributed by atoms with Gasteiger partial charge in [-0.2, -0.15) is 0 Å². The largest absolute Gasteiger partial charge is 0.305 e. The van der Waals surface area contributed by atoms with Crippen LogP contribution in [0.25, 0.3) is 0 Å². The third-order valence-electron chi connectivity index (χ3n) is 3.78. The summed E-state index contributed by atoms with van der Waals surface area (Å²) >= 11 is 11.9. The van der Waals surface area contributed by atoms with E-state index >= 15 is 0 Å². The summed E-state index contributed by atoms with van der Waals surface area (Å²) in [7, 11) is 0. The maximum Gasteiger partial charge on any atom is 0.251 e. The lowest BCUT2D eigenvalue weighted by Gasteiger charge is -2.11. The fourth-order valence-corrected chi connectivity index (χ4v) is 3.27. The minimum Gasteiger partial charge on any atom is -0.305 e. The van der Waals surface area contributed by atoms with Gasteiger partial charge in [0, 0.05) is 22.3 Å². The number of rotatable bonds is 3. The quantitative estimate of drug-likeness (QED) is 0.811. The second-order valence-corrected chi connectivity index (χ2v) is 5.97. The lowest BCUT2D eigenvalue weighted by Crippen LogP contribution is -2.26. The Bertz CT molecular complexity index is 780. The van der Waals surface area contributed by atoms with E-state index in [4.69, 9.17) is 23.2 Å². The minimum atomic E-state index is -0.181. The number of nitrogens with zero attached hydrogens (tertiary/aromatic N) is 1. The van der Waals surface area contributed by atoms with Crippen molar-refractivity contribution in [1.82, 2.24) is 4.57 Å². The average Bonchev–Trinajstić information content (AvgIpc) is 2.90. The van der Waals surface area contributed by atoms with Gasteiger partial charge < -0.3 is 4.57 Å². The molecule has 0 radical (unpaired) electrons. The molecule has 3 nitrogen and oxygen atoms in total. The zero-order chi connectivity index (χ0) is 15.0. The van der Waals surface area contributed by atoms with E-state index in [0.717, 1.165) is 30.5 Å². The number of carbonyl (C=O) groups excluding carboxylic acids is 1. The van der Waals surface area contributed by atoms with Crippen molar-refractivity contribution in [2.75, 3.05) is 0 Å². The topological polar surface area (TPSA) is 39.1 Å². The molecule has 2 aromatic rings. The third-order valence-corrected chi connectivity index (χ3v) is 4.33. The van der Waals surface area contributed by atoms with Gasteiger partial charge in [-0.05, 0) is 43.0 Å². The Balaban J connectivity index is 1.96. The fourth-order valence-electron chi connectivity index (χ4n) is 2.75. The summed E-state index contributed by atoms with van der Waals surface area (Å²) in [6.45, 7) is 0.0172. The molecule has 1 aliphatic rings. The highest BCUT2D eigenvalue weighted by Crippen LogP contribution is 2.23. The highest BCUT2D eigenvalue weighted by molar-refractivity contribution is 6.36. The molecule has 0 aliphatic heterocycles. The van der Waals surface area contributed by atoms with Crippen LogP contribution in [-0.2, 0) is 19.4 Å². The van der Waals surface area contributed by atoms with Gasteiger partial charge in [-0.1, -0.05) is 29.3 Å². The molecule has 0 amide bonds. The van der Waals surface area contributed by atoms with Gasteiger partial charge in [-0.25, -0.2) is 0 Å². The average molecular weight is 322 g/mol. The minimum absolute atomic E-state index is 0.0172. The highest BCUT2D eigenvalue weighted by atomic mass is 35.5. The van der Waals surface area contributed by atoms with Gasteiger partial charge in [0.1, 0.15) is 0 Å². The molecule has 0 saturated heterocycles. The molecule has 1 aromatic heterocycles. The number of fused-ring (bicyclic) bond motifs is 1. The van der Waals surface area contributed by atoms with Crippen molar-refractivity contribution in [3.05, 3.63) is 67.6 Å². The number of halogens is 2. The molecule has 1 aromatic carbocycles. The SMILES string of the molecule is O=C(Cn1c2c(ccc1=O)CCC2)c1ccc(Cl)cc1Cl. The molecule has 5 heteroatoms. The molecular weight excluding hydrogens is 309 g/mol. The zero-order valence-electron chi connectivity index (χ0n) is 11.2. The molecular formula is C16H13Cl2NO2. The second-order valence-electron chi connectivity index (χ2n) is 5.13. The molecule has 0 spiro atoms. The predicted molar refractivity (Wildman–Crippen MR) is 83.5 cm³/mol. The number of benzene rings is 1. The number of Topliss-reactive ketones (excluding diaryl/α,β-unsaturated/α-hetero) is 1. The van der Waals surface area contributed by atoms with E-state index in [9.17, 15) is 9.59 Å². The van der Waals surface area contributed by atoms with Crippen molar-refractivity contribution in [1.29, 1.82) is 0 Å². The van der Waals surface area contributed by atoms with Crippen LogP contribution in [0.4, 0.5) is 0 Å². The first kappa shape index (κ1) is 14.4. The number of aromatic nitrogens is 1. The van der Waals surface area contributed by atoms with E-state index in [1.165, 1.54) is 12.1 Å². The maximum atomic E-state index is 12.4. The number of carbonyl (C=O) groups is 1.